The first-order valence-electron chi connectivity index (χ1n) is 14.4. The molecule has 4 atom stereocenters. The molecule has 2 aliphatic rings. The topological polar surface area (TPSA) is 72.8 Å². The van der Waals surface area contributed by atoms with E-state index in [0.717, 1.165) is 70.6 Å². The molecule has 0 saturated heterocycles. The minimum Gasteiger partial charge on any atom is -0.463 e. The molecule has 2 fully saturated rings. The van der Waals surface area contributed by atoms with E-state index in [9.17, 15) is 14.7 Å². The van der Waals surface area contributed by atoms with Crippen molar-refractivity contribution < 1.29 is 24.2 Å². The molecule has 0 aromatic carbocycles. The number of carbonyl (C=O) groups is 2. The van der Waals surface area contributed by atoms with Crippen LogP contribution in [0.25, 0.3) is 0 Å². The first-order valence-corrected chi connectivity index (χ1v) is 14.4. The third-order valence-electron chi connectivity index (χ3n) is 8.43. The summed E-state index contributed by atoms with van der Waals surface area (Å²) in [5.41, 5.74) is 1.46. The molecule has 2 aliphatic carbocycles. The van der Waals surface area contributed by atoms with E-state index in [-0.39, 0.29) is 36.5 Å². The van der Waals surface area contributed by atoms with Crippen LogP contribution in [0.5, 0.6) is 0 Å². The van der Waals surface area contributed by atoms with E-state index in [4.69, 9.17) is 9.47 Å². The summed E-state index contributed by atoms with van der Waals surface area (Å²) >= 11 is 0. The fourth-order valence-corrected chi connectivity index (χ4v) is 6.36. The van der Waals surface area contributed by atoms with Crippen LogP contribution in [0.4, 0.5) is 0 Å². The highest BCUT2D eigenvalue weighted by molar-refractivity contribution is 5.77. The van der Waals surface area contributed by atoms with Gasteiger partial charge in [-0.2, -0.15) is 0 Å². The molecule has 0 aromatic heterocycles. The molecule has 2 rings (SSSR count). The number of aliphatic hydroxyl groups is 1. The Labute approximate surface area is 220 Å². The van der Waals surface area contributed by atoms with Gasteiger partial charge in [0.2, 0.25) is 0 Å². The molecular weight excluding hydrogens is 452 g/mol. The van der Waals surface area contributed by atoms with E-state index in [1.807, 2.05) is 0 Å². The van der Waals surface area contributed by atoms with Crippen molar-refractivity contribution in [2.75, 3.05) is 13.2 Å². The number of ether oxygens (including phenoxy) is 2. The Hall–Kier alpha value is -1.36. The van der Waals surface area contributed by atoms with Crippen LogP contribution in [0.15, 0.2) is 11.6 Å². The standard InChI is InChI=1S/C31H54O5/c1-23(2)13-14-24-15-16-26-30(6,20-24)18-11-19-31(26,7)28(34)36-22-25(32)21-35-27(33)12-9-8-10-17-29(3,4)5/h14,23,25-26,32H,8-13,15-22H2,1-7H3/b24-14-. The van der Waals surface area contributed by atoms with Crippen LogP contribution in [0.1, 0.15) is 126 Å². The SMILES string of the molecule is CC(C)C/C=C1/CCC2C(C)(CCCC2(C)C(=O)OCC(O)COC(=O)CCCCCC(C)(C)C)C1. The van der Waals surface area contributed by atoms with Crippen LogP contribution in [-0.4, -0.2) is 36.4 Å². The largest absolute Gasteiger partial charge is 0.463 e. The number of unbranched alkanes of at least 4 members (excludes halogenated alkanes) is 2. The highest BCUT2D eigenvalue weighted by Crippen LogP contribution is 2.59. The first kappa shape index (κ1) is 30.9. The van der Waals surface area contributed by atoms with Gasteiger partial charge in [-0.05, 0) is 81.0 Å². The van der Waals surface area contributed by atoms with Crippen molar-refractivity contribution in [2.24, 2.45) is 28.1 Å². The van der Waals surface area contributed by atoms with Gasteiger partial charge in [0, 0.05) is 6.42 Å². The molecule has 0 amide bonds. The minimum absolute atomic E-state index is 0.119. The maximum Gasteiger partial charge on any atom is 0.312 e. The fraction of sp³-hybridized carbons (Fsp3) is 0.871. The minimum atomic E-state index is -0.991. The number of hydrogen-bond acceptors (Lipinski definition) is 5. The molecule has 0 aromatic rings. The number of fused-ring (bicyclic) bond motifs is 1. The Bertz CT molecular complexity index is 749. The molecule has 208 valence electrons. The zero-order chi connectivity index (χ0) is 27.0. The molecule has 0 radical (unpaired) electrons. The monoisotopic (exact) mass is 506 g/mol. The van der Waals surface area contributed by atoms with Gasteiger partial charge in [0.15, 0.2) is 0 Å². The van der Waals surface area contributed by atoms with Crippen LogP contribution in [-0.2, 0) is 19.1 Å². The number of rotatable bonds is 12. The second-order valence-electron chi connectivity index (χ2n) is 13.7. The normalized spacial score (nSPS) is 28.6. The highest BCUT2D eigenvalue weighted by Gasteiger charge is 2.54. The third-order valence-corrected chi connectivity index (χ3v) is 8.43. The van der Waals surface area contributed by atoms with E-state index in [1.165, 1.54) is 0 Å². The van der Waals surface area contributed by atoms with Gasteiger partial charge in [0.25, 0.3) is 0 Å². The number of esters is 2. The van der Waals surface area contributed by atoms with Crippen molar-refractivity contribution in [1.82, 2.24) is 0 Å². The van der Waals surface area contributed by atoms with Crippen molar-refractivity contribution in [3.8, 4) is 0 Å². The summed E-state index contributed by atoms with van der Waals surface area (Å²) in [5, 5.41) is 10.3. The molecule has 1 N–H and O–H groups in total. The van der Waals surface area contributed by atoms with Gasteiger partial charge >= 0.3 is 11.9 Å². The first-order chi connectivity index (χ1) is 16.7. The lowest BCUT2D eigenvalue weighted by Crippen LogP contribution is -2.50. The number of aliphatic hydroxyl groups excluding tert-OH is 1. The highest BCUT2D eigenvalue weighted by atomic mass is 16.6. The van der Waals surface area contributed by atoms with E-state index >= 15 is 0 Å². The van der Waals surface area contributed by atoms with Crippen molar-refractivity contribution in [3.63, 3.8) is 0 Å². The second-order valence-corrected chi connectivity index (χ2v) is 13.7. The molecule has 0 aliphatic heterocycles. The van der Waals surface area contributed by atoms with Crippen LogP contribution in [0.2, 0.25) is 0 Å². The molecule has 0 heterocycles. The summed E-state index contributed by atoms with van der Waals surface area (Å²) < 4.78 is 10.8. The zero-order valence-corrected chi connectivity index (χ0v) is 24.3. The Kier molecular flexibility index (Phi) is 11.5. The van der Waals surface area contributed by atoms with Gasteiger partial charge in [-0.1, -0.05) is 72.5 Å². The maximum absolute atomic E-state index is 13.3. The molecule has 0 spiro atoms. The molecule has 4 unspecified atom stereocenters. The lowest BCUT2D eigenvalue weighted by molar-refractivity contribution is -0.172. The van der Waals surface area contributed by atoms with Gasteiger partial charge in [-0.3, -0.25) is 9.59 Å². The van der Waals surface area contributed by atoms with E-state index in [0.29, 0.717) is 17.8 Å². The third kappa shape index (κ3) is 9.50. The number of allylic oxidation sites excluding steroid dienone is 2. The quantitative estimate of drug-likeness (QED) is 0.170. The Morgan fingerprint density at radius 1 is 1.08 bits per heavy atom. The van der Waals surface area contributed by atoms with Gasteiger partial charge < -0.3 is 14.6 Å². The van der Waals surface area contributed by atoms with Crippen molar-refractivity contribution in [2.45, 2.75) is 132 Å². The van der Waals surface area contributed by atoms with Crippen molar-refractivity contribution >= 4 is 11.9 Å². The zero-order valence-electron chi connectivity index (χ0n) is 24.3. The van der Waals surface area contributed by atoms with E-state index < -0.39 is 11.5 Å². The van der Waals surface area contributed by atoms with Crippen molar-refractivity contribution in [1.29, 1.82) is 0 Å². The van der Waals surface area contributed by atoms with Crippen molar-refractivity contribution in [3.05, 3.63) is 11.6 Å². The second kappa shape index (κ2) is 13.4. The number of hydrogen-bond donors (Lipinski definition) is 1. The summed E-state index contributed by atoms with van der Waals surface area (Å²) in [6.07, 6.45) is 13.1. The molecule has 5 nitrogen and oxygen atoms in total. The summed E-state index contributed by atoms with van der Waals surface area (Å²) in [5.74, 6) is 0.446. The van der Waals surface area contributed by atoms with E-state index in [2.05, 4.69) is 54.5 Å². The summed E-state index contributed by atoms with van der Waals surface area (Å²) in [6, 6.07) is 0. The van der Waals surface area contributed by atoms with Gasteiger partial charge in [0.1, 0.15) is 19.3 Å². The predicted octanol–water partition coefficient (Wildman–Crippen LogP) is 7.40. The maximum atomic E-state index is 13.3. The van der Waals surface area contributed by atoms with Gasteiger partial charge in [0.05, 0.1) is 5.41 Å². The molecular formula is C31H54O5. The fourth-order valence-electron chi connectivity index (χ4n) is 6.36. The molecule has 36 heavy (non-hydrogen) atoms. The smallest absolute Gasteiger partial charge is 0.312 e. The molecule has 0 bridgehead atoms. The molecule has 2 saturated carbocycles. The van der Waals surface area contributed by atoms with Crippen LogP contribution in [0.3, 0.4) is 0 Å². The summed E-state index contributed by atoms with van der Waals surface area (Å²) in [7, 11) is 0. The average Bonchev–Trinajstić information content (AvgIpc) is 2.78. The Morgan fingerprint density at radius 3 is 2.44 bits per heavy atom. The van der Waals surface area contributed by atoms with Crippen LogP contribution >= 0.6 is 0 Å². The Balaban J connectivity index is 1.77. The number of carbonyl (C=O) groups excluding carboxylic acids is 2. The van der Waals surface area contributed by atoms with Crippen LogP contribution < -0.4 is 0 Å². The van der Waals surface area contributed by atoms with Gasteiger partial charge in [-0.15, -0.1) is 0 Å². The van der Waals surface area contributed by atoms with Crippen LogP contribution in [0, 0.1) is 28.1 Å². The summed E-state index contributed by atoms with van der Waals surface area (Å²) in [6.45, 7) is 15.3. The lowest BCUT2D eigenvalue weighted by atomic mass is 9.50. The van der Waals surface area contributed by atoms with E-state index in [1.54, 1.807) is 5.57 Å². The lowest BCUT2D eigenvalue weighted by Gasteiger charge is -2.54. The van der Waals surface area contributed by atoms with Gasteiger partial charge in [-0.25, -0.2) is 0 Å². The predicted molar refractivity (Wildman–Crippen MR) is 145 cm³/mol. The summed E-state index contributed by atoms with van der Waals surface area (Å²) in [4.78, 5) is 25.3. The Morgan fingerprint density at radius 2 is 1.78 bits per heavy atom. The molecule has 5 heteroatoms. The average molecular weight is 507 g/mol.